The summed E-state index contributed by atoms with van der Waals surface area (Å²) in [4.78, 5) is 25.1. The summed E-state index contributed by atoms with van der Waals surface area (Å²) in [6.07, 6.45) is 2.74. The van der Waals surface area contributed by atoms with Crippen molar-refractivity contribution in [1.82, 2.24) is 0 Å². The zero-order valence-electron chi connectivity index (χ0n) is 10.9. The topological polar surface area (TPSA) is 75.4 Å². The molecular weight excluding hydrogens is 242 g/mol. The minimum atomic E-state index is -0.664. The van der Waals surface area contributed by atoms with Crippen LogP contribution in [0.1, 0.15) is 24.8 Å². The highest BCUT2D eigenvalue weighted by molar-refractivity contribution is 6.01. The van der Waals surface area contributed by atoms with Gasteiger partial charge in [0, 0.05) is 24.8 Å². The van der Waals surface area contributed by atoms with E-state index in [2.05, 4.69) is 5.32 Å². The molecule has 1 aromatic rings. The molecule has 1 aromatic carbocycles. The molecule has 0 aromatic heterocycles. The summed E-state index contributed by atoms with van der Waals surface area (Å²) in [5.41, 5.74) is 7.94. The largest absolute Gasteiger partial charge is 0.324 e. The fourth-order valence-electron chi connectivity index (χ4n) is 2.35. The van der Waals surface area contributed by atoms with Crippen LogP contribution in [0, 0.1) is 0 Å². The Kier molecular flexibility index (Phi) is 2.60. The maximum Gasteiger partial charge on any atom is 0.244 e. The SMILES string of the molecule is CN1C(=O)CCc2cc(NC(=O)C3(N)CC3)ccc21. The smallest absolute Gasteiger partial charge is 0.244 e. The van der Waals surface area contributed by atoms with Crippen LogP contribution in [0.3, 0.4) is 0 Å². The van der Waals surface area contributed by atoms with E-state index in [9.17, 15) is 9.59 Å². The molecule has 1 saturated carbocycles. The van der Waals surface area contributed by atoms with Crippen LogP contribution in [0.5, 0.6) is 0 Å². The second kappa shape index (κ2) is 4.06. The zero-order valence-corrected chi connectivity index (χ0v) is 10.9. The number of nitrogens with zero attached hydrogens (tertiary/aromatic N) is 1. The first kappa shape index (κ1) is 12.2. The van der Waals surface area contributed by atoms with Crippen molar-refractivity contribution in [3.8, 4) is 0 Å². The van der Waals surface area contributed by atoms with Gasteiger partial charge in [-0.15, -0.1) is 0 Å². The number of aryl methyl sites for hydroxylation is 1. The Morgan fingerprint density at radius 3 is 2.79 bits per heavy atom. The molecule has 5 nitrogen and oxygen atoms in total. The van der Waals surface area contributed by atoms with E-state index >= 15 is 0 Å². The molecule has 0 spiro atoms. The van der Waals surface area contributed by atoms with Gasteiger partial charge in [-0.1, -0.05) is 0 Å². The second-order valence-corrected chi connectivity index (χ2v) is 5.41. The lowest BCUT2D eigenvalue weighted by molar-refractivity contribution is -0.119. The van der Waals surface area contributed by atoms with Crippen molar-refractivity contribution in [2.45, 2.75) is 31.2 Å². The number of benzene rings is 1. The van der Waals surface area contributed by atoms with Crippen LogP contribution in [-0.4, -0.2) is 24.4 Å². The Balaban J connectivity index is 1.82. The lowest BCUT2D eigenvalue weighted by Crippen LogP contribution is -2.38. The van der Waals surface area contributed by atoms with Crippen LogP contribution in [0.2, 0.25) is 0 Å². The molecule has 1 heterocycles. The van der Waals surface area contributed by atoms with Crippen molar-refractivity contribution in [2.24, 2.45) is 5.73 Å². The third-order valence-corrected chi connectivity index (χ3v) is 3.92. The minimum Gasteiger partial charge on any atom is -0.324 e. The molecule has 0 atom stereocenters. The first-order valence-electron chi connectivity index (χ1n) is 6.49. The van der Waals surface area contributed by atoms with Crippen molar-refractivity contribution < 1.29 is 9.59 Å². The molecular formula is C14H17N3O2. The van der Waals surface area contributed by atoms with Gasteiger partial charge in [-0.3, -0.25) is 9.59 Å². The molecule has 3 N–H and O–H groups in total. The quantitative estimate of drug-likeness (QED) is 0.832. The van der Waals surface area contributed by atoms with E-state index < -0.39 is 5.54 Å². The van der Waals surface area contributed by atoms with Gasteiger partial charge in [0.05, 0.1) is 5.54 Å². The Morgan fingerprint density at radius 1 is 1.37 bits per heavy atom. The Bertz CT molecular complexity index is 564. The third-order valence-electron chi connectivity index (χ3n) is 3.92. The zero-order chi connectivity index (χ0) is 13.6. The maximum absolute atomic E-state index is 11.9. The van der Waals surface area contributed by atoms with Gasteiger partial charge in [-0.2, -0.15) is 0 Å². The van der Waals surface area contributed by atoms with Gasteiger partial charge in [0.25, 0.3) is 0 Å². The molecule has 0 unspecified atom stereocenters. The molecule has 1 fully saturated rings. The highest BCUT2D eigenvalue weighted by Gasteiger charge is 2.45. The molecule has 5 heteroatoms. The summed E-state index contributed by atoms with van der Waals surface area (Å²) in [6.45, 7) is 0. The van der Waals surface area contributed by atoms with Crippen molar-refractivity contribution in [3.63, 3.8) is 0 Å². The van der Waals surface area contributed by atoms with E-state index in [4.69, 9.17) is 5.73 Å². The average Bonchev–Trinajstić information content (AvgIpc) is 3.14. The number of nitrogens with one attached hydrogen (secondary N) is 1. The van der Waals surface area contributed by atoms with Crippen molar-refractivity contribution in [3.05, 3.63) is 23.8 Å². The van der Waals surface area contributed by atoms with E-state index in [1.165, 1.54) is 0 Å². The van der Waals surface area contributed by atoms with Gasteiger partial charge in [0.1, 0.15) is 0 Å². The van der Waals surface area contributed by atoms with Crippen molar-refractivity contribution in [2.75, 3.05) is 17.3 Å². The van der Waals surface area contributed by atoms with Gasteiger partial charge in [-0.25, -0.2) is 0 Å². The van der Waals surface area contributed by atoms with E-state index in [1.54, 1.807) is 11.9 Å². The van der Waals surface area contributed by atoms with Gasteiger partial charge >= 0.3 is 0 Å². The van der Waals surface area contributed by atoms with E-state index in [0.29, 0.717) is 6.42 Å². The number of hydrogen-bond acceptors (Lipinski definition) is 3. The number of carbonyl (C=O) groups excluding carboxylic acids is 2. The van der Waals surface area contributed by atoms with Crippen LogP contribution in [0.15, 0.2) is 18.2 Å². The lowest BCUT2D eigenvalue weighted by Gasteiger charge is -2.26. The summed E-state index contributed by atoms with van der Waals surface area (Å²) < 4.78 is 0. The van der Waals surface area contributed by atoms with Crippen LogP contribution in [0.4, 0.5) is 11.4 Å². The van der Waals surface area contributed by atoms with Crippen LogP contribution in [0.25, 0.3) is 0 Å². The number of nitrogens with two attached hydrogens (primary N) is 1. The van der Waals surface area contributed by atoms with Crippen LogP contribution >= 0.6 is 0 Å². The number of hydrogen-bond donors (Lipinski definition) is 2. The van der Waals surface area contributed by atoms with Crippen LogP contribution < -0.4 is 16.0 Å². The molecule has 1 aliphatic carbocycles. The molecule has 0 radical (unpaired) electrons. The van der Waals surface area contributed by atoms with Gasteiger partial charge in [-0.05, 0) is 43.0 Å². The summed E-state index contributed by atoms with van der Waals surface area (Å²) in [5.74, 6) is 0.0101. The van der Waals surface area contributed by atoms with Gasteiger partial charge in [0.15, 0.2) is 0 Å². The number of anilines is 2. The fraction of sp³-hybridized carbons (Fsp3) is 0.429. The average molecular weight is 259 g/mol. The highest BCUT2D eigenvalue weighted by atomic mass is 16.2. The monoisotopic (exact) mass is 259 g/mol. The molecule has 1 aliphatic heterocycles. The Labute approximate surface area is 111 Å². The summed E-state index contributed by atoms with van der Waals surface area (Å²) in [7, 11) is 1.78. The predicted molar refractivity (Wildman–Crippen MR) is 73.0 cm³/mol. The lowest BCUT2D eigenvalue weighted by atomic mass is 10.0. The molecule has 2 amide bonds. The Morgan fingerprint density at radius 2 is 2.11 bits per heavy atom. The molecule has 0 saturated heterocycles. The molecule has 3 rings (SSSR count). The van der Waals surface area contributed by atoms with Crippen molar-refractivity contribution >= 4 is 23.2 Å². The van der Waals surface area contributed by atoms with E-state index in [-0.39, 0.29) is 11.8 Å². The Hall–Kier alpha value is -1.88. The summed E-state index contributed by atoms with van der Waals surface area (Å²) in [6, 6.07) is 5.62. The third kappa shape index (κ3) is 2.10. The number of carbonyl (C=O) groups is 2. The van der Waals surface area contributed by atoms with Crippen molar-refractivity contribution in [1.29, 1.82) is 0 Å². The molecule has 100 valence electrons. The predicted octanol–water partition coefficient (Wildman–Crippen LogP) is 1.03. The van der Waals surface area contributed by atoms with Gasteiger partial charge in [0.2, 0.25) is 11.8 Å². The highest BCUT2D eigenvalue weighted by Crippen LogP contribution is 2.34. The summed E-state index contributed by atoms with van der Waals surface area (Å²) >= 11 is 0. The molecule has 0 bridgehead atoms. The minimum absolute atomic E-state index is 0.118. The second-order valence-electron chi connectivity index (χ2n) is 5.41. The molecule has 19 heavy (non-hydrogen) atoms. The standard InChI is InChI=1S/C14H17N3O2/c1-17-11-4-3-10(8-9(11)2-5-12(17)18)16-13(19)14(15)6-7-14/h3-4,8H,2,5-7,15H2,1H3,(H,16,19). The molecule has 2 aliphatic rings. The van der Waals surface area contributed by atoms with Crippen LogP contribution in [-0.2, 0) is 16.0 Å². The van der Waals surface area contributed by atoms with E-state index in [0.717, 1.165) is 36.2 Å². The number of fused-ring (bicyclic) bond motifs is 1. The van der Waals surface area contributed by atoms with E-state index in [1.807, 2.05) is 18.2 Å². The normalized spacial score (nSPS) is 19.9. The fourth-order valence-corrected chi connectivity index (χ4v) is 2.35. The first-order valence-corrected chi connectivity index (χ1v) is 6.49. The first-order chi connectivity index (χ1) is 8.99. The number of rotatable bonds is 2. The number of amides is 2. The summed E-state index contributed by atoms with van der Waals surface area (Å²) in [5, 5.41) is 2.85. The van der Waals surface area contributed by atoms with Gasteiger partial charge < -0.3 is 16.0 Å². The maximum atomic E-state index is 11.9.